The van der Waals surface area contributed by atoms with Gasteiger partial charge in [0.15, 0.2) is 11.3 Å². The maximum Gasteiger partial charge on any atom is 0.376 e. The molecule has 0 saturated heterocycles. The summed E-state index contributed by atoms with van der Waals surface area (Å²) in [7, 11) is -3.45. The van der Waals surface area contributed by atoms with Gasteiger partial charge >= 0.3 is 15.6 Å². The van der Waals surface area contributed by atoms with Crippen molar-refractivity contribution in [3.05, 3.63) is 0 Å². The average Bonchev–Trinajstić information content (AvgIpc) is 2.73. The van der Waals surface area contributed by atoms with E-state index in [9.17, 15) is 19.3 Å². The fourth-order valence-electron chi connectivity index (χ4n) is 3.35. The Morgan fingerprint density at radius 1 is 0.818 bits per heavy atom. The predicted octanol–water partition coefficient (Wildman–Crippen LogP) is 4.28. The van der Waals surface area contributed by atoms with Gasteiger partial charge in [0.1, 0.15) is 18.4 Å². The first kappa shape index (κ1) is 33.0. The molecule has 0 fully saturated rings. The average molecular weight is 515 g/mol. The number of ether oxygens (including phenoxy) is 3. The van der Waals surface area contributed by atoms with Crippen molar-refractivity contribution in [2.45, 2.75) is 116 Å². The van der Waals surface area contributed by atoms with Crippen molar-refractivity contribution >= 4 is 15.6 Å². The van der Waals surface area contributed by atoms with Gasteiger partial charge in [0.25, 0.3) is 5.34 Å². The lowest BCUT2D eigenvalue weighted by Crippen LogP contribution is -2.50. The zero-order valence-corrected chi connectivity index (χ0v) is 23.6. The first-order chi connectivity index (χ1) is 15.2. The third-order valence-electron chi connectivity index (χ3n) is 5.37. The Kier molecular flexibility index (Phi) is 15.8. The van der Waals surface area contributed by atoms with Crippen LogP contribution < -0.4 is 0 Å². The maximum atomic E-state index is 13.2. The van der Waals surface area contributed by atoms with E-state index in [1.165, 1.54) is 0 Å². The lowest BCUT2D eigenvalue weighted by atomic mass is 10.1. The molecule has 6 atom stereocenters. The molecule has 0 aromatic heterocycles. The monoisotopic (exact) mass is 514 g/mol. The Morgan fingerprint density at radius 2 is 1.36 bits per heavy atom. The molecule has 0 bridgehead atoms. The number of hydrogen-bond acceptors (Lipinski definition) is 8. The zero-order valence-electron chi connectivity index (χ0n) is 21.8. The van der Waals surface area contributed by atoms with Gasteiger partial charge in [0, 0.05) is 6.92 Å². The maximum absolute atomic E-state index is 13.2. The van der Waals surface area contributed by atoms with E-state index >= 15 is 0 Å². The predicted molar refractivity (Wildman–Crippen MR) is 133 cm³/mol. The van der Waals surface area contributed by atoms with Gasteiger partial charge in [-0.15, -0.1) is 0 Å². The van der Waals surface area contributed by atoms with E-state index in [4.69, 9.17) is 19.3 Å². The molecule has 196 valence electrons. The fraction of sp³-hybridized carbons (Fsp3) is 1.00. The summed E-state index contributed by atoms with van der Waals surface area (Å²) in [6.07, 6.45) is 0.157. The molecule has 10 heteroatoms. The van der Waals surface area contributed by atoms with Crippen LogP contribution in [0.25, 0.3) is 0 Å². The van der Waals surface area contributed by atoms with Gasteiger partial charge in [-0.1, -0.05) is 9.13 Å². The lowest BCUT2D eigenvalue weighted by Gasteiger charge is -2.32. The summed E-state index contributed by atoms with van der Waals surface area (Å²) in [4.78, 5) is 0. The molecule has 0 aromatic rings. The van der Waals surface area contributed by atoms with Crippen LogP contribution in [0.2, 0.25) is 0 Å². The molecule has 8 nitrogen and oxygen atoms in total. The Bertz CT molecular complexity index is 585. The molecule has 3 N–H and O–H groups in total. The number of unbranched alkanes of at least 4 members (excludes halogenated alkanes) is 2. The molecule has 0 amide bonds. The van der Waals surface area contributed by atoms with Gasteiger partial charge in [-0.25, -0.2) is 0 Å². The summed E-state index contributed by atoms with van der Waals surface area (Å²) in [5.74, 6) is 0. The van der Waals surface area contributed by atoms with Crippen molar-refractivity contribution in [3.8, 4) is 0 Å². The summed E-state index contributed by atoms with van der Waals surface area (Å²) in [6, 6.07) is 0. The van der Waals surface area contributed by atoms with Crippen molar-refractivity contribution in [2.75, 3.05) is 32.1 Å². The largest absolute Gasteiger partial charge is 0.394 e. The van der Waals surface area contributed by atoms with Gasteiger partial charge in [-0.05, 0) is 67.7 Å². The Balaban J connectivity index is 4.81. The second-order valence-corrected chi connectivity index (χ2v) is 14.5. The van der Waals surface area contributed by atoms with E-state index in [1.807, 2.05) is 41.5 Å². The minimum atomic E-state index is -1.96. The van der Waals surface area contributed by atoms with Crippen molar-refractivity contribution in [1.82, 2.24) is 0 Å². The molecule has 6 unspecified atom stereocenters. The Labute approximate surface area is 202 Å². The standard InChI is InChI=1S/C23H48O8P2/c1-17(2)30-20(15-25)21(26)23(8,31-18(3)4)33(28)13-11-9-10-12-32(27)22(6,7)16-29-19(5)14-24/h17-21,24-26H,9-16H2,1-8H3/q+2. The highest BCUT2D eigenvalue weighted by Crippen LogP contribution is 2.46. The molecule has 0 aliphatic heterocycles. The van der Waals surface area contributed by atoms with Gasteiger partial charge in [0.2, 0.25) is 0 Å². The first-order valence-corrected chi connectivity index (χ1v) is 14.8. The number of aliphatic hydroxyl groups is 3. The van der Waals surface area contributed by atoms with Crippen LogP contribution in [0.3, 0.4) is 0 Å². The summed E-state index contributed by atoms with van der Waals surface area (Å²) < 4.78 is 43.0. The second-order valence-electron chi connectivity index (χ2n) is 9.95. The summed E-state index contributed by atoms with van der Waals surface area (Å²) in [6.45, 7) is 14.3. The smallest absolute Gasteiger partial charge is 0.376 e. The number of rotatable bonds is 19. The van der Waals surface area contributed by atoms with Crippen LogP contribution in [0.5, 0.6) is 0 Å². The second kappa shape index (κ2) is 15.9. The summed E-state index contributed by atoms with van der Waals surface area (Å²) >= 11 is 0. The molecule has 0 aromatic carbocycles. The third-order valence-corrected chi connectivity index (χ3v) is 9.66. The van der Waals surface area contributed by atoms with Crippen molar-refractivity contribution in [2.24, 2.45) is 0 Å². The van der Waals surface area contributed by atoms with Crippen LogP contribution in [0.4, 0.5) is 0 Å². The quantitative estimate of drug-likeness (QED) is 0.173. The number of hydrogen-bond donors (Lipinski definition) is 3. The highest BCUT2D eigenvalue weighted by atomic mass is 31.1. The highest BCUT2D eigenvalue weighted by molar-refractivity contribution is 7.46. The molecule has 0 saturated carbocycles. The molecule has 0 rings (SSSR count). The minimum Gasteiger partial charge on any atom is -0.394 e. The zero-order chi connectivity index (χ0) is 25.8. The molecule has 0 spiro atoms. The van der Waals surface area contributed by atoms with Crippen LogP contribution in [0, 0.1) is 0 Å². The molecule has 0 aliphatic carbocycles. The molecule has 33 heavy (non-hydrogen) atoms. The highest BCUT2D eigenvalue weighted by Gasteiger charge is 2.55. The van der Waals surface area contributed by atoms with Crippen molar-refractivity contribution in [3.63, 3.8) is 0 Å². The molecular formula is C23H48O8P2+2. The van der Waals surface area contributed by atoms with Crippen molar-refractivity contribution < 1.29 is 38.7 Å². The number of aliphatic hydroxyl groups excluding tert-OH is 3. The van der Waals surface area contributed by atoms with Crippen LogP contribution in [0.1, 0.15) is 74.7 Å². The molecule has 0 heterocycles. The molecule has 0 aliphatic rings. The van der Waals surface area contributed by atoms with Crippen LogP contribution in [0.15, 0.2) is 0 Å². The Morgan fingerprint density at radius 3 is 1.82 bits per heavy atom. The first-order valence-electron chi connectivity index (χ1n) is 11.9. The van der Waals surface area contributed by atoms with E-state index in [2.05, 4.69) is 0 Å². The summed E-state index contributed by atoms with van der Waals surface area (Å²) in [5, 5.41) is 27.8. The topological polar surface area (TPSA) is 123 Å². The summed E-state index contributed by atoms with van der Waals surface area (Å²) in [5.41, 5.74) is 0. The van der Waals surface area contributed by atoms with E-state index in [1.54, 1.807) is 13.8 Å². The van der Waals surface area contributed by atoms with Crippen LogP contribution >= 0.6 is 15.6 Å². The van der Waals surface area contributed by atoms with E-state index in [-0.39, 0.29) is 24.9 Å². The molecular weight excluding hydrogens is 466 g/mol. The lowest BCUT2D eigenvalue weighted by molar-refractivity contribution is -0.158. The van der Waals surface area contributed by atoms with Gasteiger partial charge < -0.3 is 29.5 Å². The minimum absolute atomic E-state index is 0.0676. The third kappa shape index (κ3) is 12.0. The SMILES string of the molecule is CC(C)OC(CO)C(O)C(C)(OC(C)C)[P+](=O)CCCCC[P+](=O)C(C)(C)COC(C)CO. The van der Waals surface area contributed by atoms with Crippen LogP contribution in [-0.4, -0.2) is 88.5 Å². The molecule has 0 radical (unpaired) electrons. The van der Waals surface area contributed by atoms with E-state index in [0.29, 0.717) is 25.4 Å². The van der Waals surface area contributed by atoms with Crippen LogP contribution in [-0.2, 0) is 23.3 Å². The van der Waals surface area contributed by atoms with Gasteiger partial charge in [-0.3, -0.25) is 0 Å². The van der Waals surface area contributed by atoms with E-state index < -0.39 is 44.9 Å². The van der Waals surface area contributed by atoms with Gasteiger partial charge in [0.05, 0.1) is 38.1 Å². The Hall–Kier alpha value is -0.0400. The van der Waals surface area contributed by atoms with E-state index in [0.717, 1.165) is 12.8 Å². The van der Waals surface area contributed by atoms with Crippen molar-refractivity contribution in [1.29, 1.82) is 0 Å². The van der Waals surface area contributed by atoms with Gasteiger partial charge in [-0.2, -0.15) is 0 Å². The fourth-order valence-corrected chi connectivity index (χ4v) is 6.43. The normalized spacial score (nSPS) is 18.2.